The first-order valence-electron chi connectivity index (χ1n) is 5.87. The van der Waals surface area contributed by atoms with Crippen LogP contribution >= 0.6 is 23.2 Å². The Morgan fingerprint density at radius 1 is 1.48 bits per heavy atom. The third-order valence-corrected chi connectivity index (χ3v) is 3.35. The van der Waals surface area contributed by atoms with Gasteiger partial charge in [0.15, 0.2) is 5.84 Å². The minimum Gasteiger partial charge on any atom is -0.337 e. The van der Waals surface area contributed by atoms with Gasteiger partial charge in [-0.25, -0.2) is 10.3 Å². The van der Waals surface area contributed by atoms with Crippen LogP contribution in [0.25, 0.3) is 0 Å². The largest absolute Gasteiger partial charge is 0.357 e. The van der Waals surface area contributed by atoms with Crippen LogP contribution < -0.4 is 10.5 Å². The van der Waals surface area contributed by atoms with Crippen LogP contribution in [-0.4, -0.2) is 17.7 Å². The number of benzene rings is 1. The molecule has 21 heavy (non-hydrogen) atoms. The minimum absolute atomic E-state index is 0.0493. The SMILES string of the molecule is C=C(C)C(=O)ONC1=NN(c2cccc(Cl)c2Cl)C(=O)C1. The third kappa shape index (κ3) is 3.34. The van der Waals surface area contributed by atoms with Crippen LogP contribution in [0.2, 0.25) is 10.0 Å². The van der Waals surface area contributed by atoms with Gasteiger partial charge < -0.3 is 4.84 Å². The molecule has 0 atom stereocenters. The number of hydrazone groups is 1. The number of rotatable bonds is 2. The van der Waals surface area contributed by atoms with Crippen molar-refractivity contribution in [1.82, 2.24) is 5.48 Å². The second kappa shape index (κ2) is 6.15. The Labute approximate surface area is 130 Å². The summed E-state index contributed by atoms with van der Waals surface area (Å²) in [6.07, 6.45) is -0.0493. The van der Waals surface area contributed by atoms with Crippen molar-refractivity contribution in [3.8, 4) is 0 Å². The molecule has 0 radical (unpaired) electrons. The summed E-state index contributed by atoms with van der Waals surface area (Å²) in [5.74, 6) is -0.775. The van der Waals surface area contributed by atoms with Crippen molar-refractivity contribution in [2.24, 2.45) is 5.10 Å². The molecule has 1 aromatic carbocycles. The minimum atomic E-state index is -0.635. The number of hydroxylamine groups is 1. The lowest BCUT2D eigenvalue weighted by Crippen LogP contribution is -2.26. The summed E-state index contributed by atoms with van der Waals surface area (Å²) in [6.45, 7) is 4.94. The summed E-state index contributed by atoms with van der Waals surface area (Å²) in [5.41, 5.74) is 2.91. The van der Waals surface area contributed by atoms with Gasteiger partial charge in [0.05, 0.1) is 22.2 Å². The Hall–Kier alpha value is -2.05. The van der Waals surface area contributed by atoms with Gasteiger partial charge in [0.2, 0.25) is 0 Å². The fourth-order valence-electron chi connectivity index (χ4n) is 1.52. The predicted molar refractivity (Wildman–Crippen MR) is 80.0 cm³/mol. The Kier molecular flexibility index (Phi) is 4.50. The molecule has 0 spiro atoms. The van der Waals surface area contributed by atoms with Gasteiger partial charge in [0.1, 0.15) is 0 Å². The van der Waals surface area contributed by atoms with Crippen molar-refractivity contribution in [2.45, 2.75) is 13.3 Å². The normalized spacial score (nSPS) is 14.0. The summed E-state index contributed by atoms with van der Waals surface area (Å²) in [7, 11) is 0. The number of amidine groups is 1. The van der Waals surface area contributed by atoms with E-state index in [9.17, 15) is 9.59 Å². The van der Waals surface area contributed by atoms with Crippen LogP contribution in [0.15, 0.2) is 35.5 Å². The topological polar surface area (TPSA) is 71.0 Å². The first kappa shape index (κ1) is 15.3. The van der Waals surface area contributed by atoms with E-state index in [1.54, 1.807) is 18.2 Å². The summed E-state index contributed by atoms with van der Waals surface area (Å²) in [4.78, 5) is 27.9. The zero-order chi connectivity index (χ0) is 15.6. The monoisotopic (exact) mass is 327 g/mol. The highest BCUT2D eigenvalue weighted by atomic mass is 35.5. The maximum atomic E-state index is 11.9. The van der Waals surface area contributed by atoms with Crippen LogP contribution in [-0.2, 0) is 14.4 Å². The number of hydrogen-bond donors (Lipinski definition) is 1. The van der Waals surface area contributed by atoms with E-state index in [0.717, 1.165) is 5.01 Å². The van der Waals surface area contributed by atoms with E-state index in [-0.39, 0.29) is 28.8 Å². The third-order valence-electron chi connectivity index (χ3n) is 2.55. The highest BCUT2D eigenvalue weighted by Gasteiger charge is 2.28. The van der Waals surface area contributed by atoms with E-state index in [4.69, 9.17) is 28.0 Å². The van der Waals surface area contributed by atoms with Crippen LogP contribution in [0, 0.1) is 0 Å². The van der Waals surface area contributed by atoms with E-state index in [1.165, 1.54) is 6.92 Å². The first-order chi connectivity index (χ1) is 9.90. The molecule has 0 fully saturated rings. The average Bonchev–Trinajstić information content (AvgIpc) is 2.80. The number of hydrogen-bond acceptors (Lipinski definition) is 5. The maximum Gasteiger partial charge on any atom is 0.357 e. The molecule has 2 rings (SSSR count). The van der Waals surface area contributed by atoms with Crippen LogP contribution in [0.1, 0.15) is 13.3 Å². The lowest BCUT2D eigenvalue weighted by molar-refractivity contribution is -0.143. The molecule has 1 amide bonds. The summed E-state index contributed by atoms with van der Waals surface area (Å²) >= 11 is 11.9. The smallest absolute Gasteiger partial charge is 0.337 e. The first-order valence-corrected chi connectivity index (χ1v) is 6.63. The Balaban J connectivity index is 2.15. The maximum absolute atomic E-state index is 11.9. The zero-order valence-electron chi connectivity index (χ0n) is 11.0. The van der Waals surface area contributed by atoms with Gasteiger partial charge in [-0.05, 0) is 19.1 Å². The van der Waals surface area contributed by atoms with Crippen molar-refractivity contribution >= 4 is 46.6 Å². The zero-order valence-corrected chi connectivity index (χ0v) is 12.5. The molecule has 0 aliphatic carbocycles. The van der Waals surface area contributed by atoms with Gasteiger partial charge in [0, 0.05) is 5.57 Å². The molecule has 8 heteroatoms. The standard InChI is InChI=1S/C13H11Cl2N3O3/c1-7(2)13(20)21-17-10-6-11(19)18(16-10)9-5-3-4-8(14)12(9)15/h3-5H,1,6H2,2H3,(H,16,17). The van der Waals surface area contributed by atoms with Crippen molar-refractivity contribution < 1.29 is 14.4 Å². The number of amides is 1. The van der Waals surface area contributed by atoms with E-state index < -0.39 is 5.97 Å². The molecule has 0 bridgehead atoms. The summed E-state index contributed by atoms with van der Waals surface area (Å²) in [5, 5.41) is 5.65. The van der Waals surface area contributed by atoms with Gasteiger partial charge >= 0.3 is 5.97 Å². The van der Waals surface area contributed by atoms with Crippen LogP contribution in [0.3, 0.4) is 0 Å². The van der Waals surface area contributed by atoms with E-state index in [2.05, 4.69) is 17.2 Å². The molecule has 1 aromatic rings. The lowest BCUT2D eigenvalue weighted by atomic mass is 10.3. The molecule has 0 unspecified atom stereocenters. The van der Waals surface area contributed by atoms with E-state index in [0.29, 0.717) is 10.7 Å². The molecular weight excluding hydrogens is 317 g/mol. The number of nitrogens with one attached hydrogen (secondary N) is 1. The lowest BCUT2D eigenvalue weighted by Gasteiger charge is -2.13. The highest BCUT2D eigenvalue weighted by Crippen LogP contribution is 2.34. The van der Waals surface area contributed by atoms with Gasteiger partial charge in [0.25, 0.3) is 5.91 Å². The fourth-order valence-corrected chi connectivity index (χ4v) is 1.90. The van der Waals surface area contributed by atoms with Gasteiger partial charge in [-0.3, -0.25) is 4.79 Å². The Morgan fingerprint density at radius 3 is 2.86 bits per heavy atom. The Morgan fingerprint density at radius 2 is 2.19 bits per heavy atom. The van der Waals surface area contributed by atoms with Crippen molar-refractivity contribution in [1.29, 1.82) is 0 Å². The van der Waals surface area contributed by atoms with E-state index in [1.807, 2.05) is 0 Å². The van der Waals surface area contributed by atoms with Crippen LogP contribution in [0.4, 0.5) is 5.69 Å². The molecule has 1 aliphatic heterocycles. The molecule has 0 saturated carbocycles. The van der Waals surface area contributed by atoms with Gasteiger partial charge in [-0.1, -0.05) is 35.8 Å². The van der Waals surface area contributed by atoms with Crippen molar-refractivity contribution in [3.05, 3.63) is 40.4 Å². The molecule has 6 nitrogen and oxygen atoms in total. The molecule has 0 saturated heterocycles. The molecule has 1 heterocycles. The van der Waals surface area contributed by atoms with Gasteiger partial charge in [-0.15, -0.1) is 5.10 Å². The second-order valence-electron chi connectivity index (χ2n) is 4.27. The molecule has 1 aliphatic rings. The predicted octanol–water partition coefficient (Wildman–Crippen LogP) is 2.67. The average molecular weight is 328 g/mol. The van der Waals surface area contributed by atoms with Gasteiger partial charge in [-0.2, -0.15) is 5.01 Å². The molecule has 0 aromatic heterocycles. The molecular formula is C13H11Cl2N3O3. The molecule has 110 valence electrons. The highest BCUT2D eigenvalue weighted by molar-refractivity contribution is 6.44. The fraction of sp³-hybridized carbons (Fsp3) is 0.154. The Bertz CT molecular complexity index is 658. The number of carbonyl (C=O) groups is 2. The number of carbonyl (C=O) groups excluding carboxylic acids is 2. The molecule has 1 N–H and O–H groups in total. The van der Waals surface area contributed by atoms with E-state index >= 15 is 0 Å². The summed E-state index contributed by atoms with van der Waals surface area (Å²) in [6, 6.07) is 4.86. The van der Waals surface area contributed by atoms with Crippen molar-refractivity contribution in [2.75, 3.05) is 5.01 Å². The van der Waals surface area contributed by atoms with Crippen molar-refractivity contribution in [3.63, 3.8) is 0 Å². The number of anilines is 1. The number of nitrogens with zero attached hydrogens (tertiary/aromatic N) is 2. The quantitative estimate of drug-likeness (QED) is 0.669. The second-order valence-corrected chi connectivity index (χ2v) is 5.06. The summed E-state index contributed by atoms with van der Waals surface area (Å²) < 4.78 is 0. The number of halogens is 2. The van der Waals surface area contributed by atoms with Crippen LogP contribution in [0.5, 0.6) is 0 Å².